The van der Waals surface area contributed by atoms with Crippen molar-refractivity contribution in [1.29, 1.82) is 0 Å². The number of methoxy groups -OCH3 is 1. The molecule has 4 heteroatoms. The molecule has 0 amide bonds. The molecule has 90 valence electrons. The molecule has 0 saturated carbocycles. The van der Waals surface area contributed by atoms with Crippen molar-refractivity contribution in [3.63, 3.8) is 0 Å². The Bertz CT molecular complexity index is 341. The van der Waals surface area contributed by atoms with E-state index in [9.17, 15) is 0 Å². The largest absolute Gasteiger partial charge is 0.481 e. The molecule has 0 bridgehead atoms. The van der Waals surface area contributed by atoms with E-state index in [0.29, 0.717) is 17.8 Å². The summed E-state index contributed by atoms with van der Waals surface area (Å²) in [6.07, 6.45) is 1.15. The standard InChI is InChI=1S/C12H21N3O/c1-6-8(2)9(3)13-11-7-12(16-5)15-10(4)14-11/h7-9H,6H2,1-5H3,(H,13,14,15). The van der Waals surface area contributed by atoms with Gasteiger partial charge in [0, 0.05) is 12.1 Å². The van der Waals surface area contributed by atoms with Gasteiger partial charge in [0.1, 0.15) is 11.6 Å². The second-order valence-electron chi connectivity index (χ2n) is 4.16. The number of nitrogens with one attached hydrogen (secondary N) is 1. The first-order chi connectivity index (χ1) is 7.56. The van der Waals surface area contributed by atoms with Gasteiger partial charge in [-0.3, -0.25) is 0 Å². The van der Waals surface area contributed by atoms with E-state index in [2.05, 4.69) is 36.1 Å². The third kappa shape index (κ3) is 3.36. The predicted molar refractivity (Wildman–Crippen MR) is 65.9 cm³/mol. The summed E-state index contributed by atoms with van der Waals surface area (Å²) >= 11 is 0. The van der Waals surface area contributed by atoms with Gasteiger partial charge in [-0.1, -0.05) is 20.3 Å². The topological polar surface area (TPSA) is 47.0 Å². The lowest BCUT2D eigenvalue weighted by Crippen LogP contribution is -2.24. The first-order valence-corrected chi connectivity index (χ1v) is 5.73. The Balaban J connectivity index is 2.76. The molecule has 0 aliphatic heterocycles. The van der Waals surface area contributed by atoms with Crippen molar-refractivity contribution >= 4 is 5.82 Å². The van der Waals surface area contributed by atoms with Gasteiger partial charge in [-0.2, -0.15) is 4.98 Å². The molecule has 1 N–H and O–H groups in total. The average Bonchev–Trinajstić information content (AvgIpc) is 2.26. The highest BCUT2D eigenvalue weighted by molar-refractivity contribution is 5.39. The van der Waals surface area contributed by atoms with Gasteiger partial charge >= 0.3 is 0 Å². The van der Waals surface area contributed by atoms with E-state index in [1.54, 1.807) is 7.11 Å². The Labute approximate surface area is 97.5 Å². The van der Waals surface area contributed by atoms with E-state index in [0.717, 1.165) is 18.1 Å². The Hall–Kier alpha value is -1.32. The summed E-state index contributed by atoms with van der Waals surface area (Å²) in [6.45, 7) is 8.44. The Morgan fingerprint density at radius 3 is 2.62 bits per heavy atom. The molecule has 1 aromatic heterocycles. The molecule has 0 saturated heterocycles. The lowest BCUT2D eigenvalue weighted by molar-refractivity contribution is 0.395. The zero-order valence-electron chi connectivity index (χ0n) is 10.7. The minimum atomic E-state index is 0.393. The van der Waals surface area contributed by atoms with Gasteiger partial charge in [0.05, 0.1) is 7.11 Å². The molecule has 2 atom stereocenters. The van der Waals surface area contributed by atoms with Gasteiger partial charge in [-0.15, -0.1) is 0 Å². The van der Waals surface area contributed by atoms with E-state index in [-0.39, 0.29) is 0 Å². The van der Waals surface area contributed by atoms with Gasteiger partial charge in [0.15, 0.2) is 0 Å². The van der Waals surface area contributed by atoms with E-state index in [1.165, 1.54) is 0 Å². The van der Waals surface area contributed by atoms with E-state index in [1.807, 2.05) is 13.0 Å². The first-order valence-electron chi connectivity index (χ1n) is 5.73. The molecular formula is C12H21N3O. The molecule has 4 nitrogen and oxygen atoms in total. The molecule has 1 aromatic rings. The van der Waals surface area contributed by atoms with E-state index >= 15 is 0 Å². The van der Waals surface area contributed by atoms with Crippen LogP contribution < -0.4 is 10.1 Å². The fourth-order valence-corrected chi connectivity index (χ4v) is 1.45. The van der Waals surface area contributed by atoms with Crippen LogP contribution in [0.25, 0.3) is 0 Å². The zero-order valence-corrected chi connectivity index (χ0v) is 10.7. The first kappa shape index (κ1) is 12.7. The van der Waals surface area contributed by atoms with Crippen molar-refractivity contribution in [2.75, 3.05) is 12.4 Å². The third-order valence-corrected chi connectivity index (χ3v) is 2.90. The predicted octanol–water partition coefficient (Wildman–Crippen LogP) is 2.64. The number of anilines is 1. The van der Waals surface area contributed by atoms with Crippen molar-refractivity contribution in [3.8, 4) is 5.88 Å². The molecule has 1 rings (SSSR count). The van der Waals surface area contributed by atoms with Crippen molar-refractivity contribution in [1.82, 2.24) is 9.97 Å². The maximum atomic E-state index is 5.11. The lowest BCUT2D eigenvalue weighted by Gasteiger charge is -2.20. The summed E-state index contributed by atoms with van der Waals surface area (Å²) < 4.78 is 5.11. The number of aryl methyl sites for hydroxylation is 1. The van der Waals surface area contributed by atoms with Crippen LogP contribution in [-0.2, 0) is 0 Å². The summed E-state index contributed by atoms with van der Waals surface area (Å²) in [6, 6.07) is 2.22. The Kier molecular flexibility index (Phi) is 4.52. The van der Waals surface area contributed by atoms with Crippen molar-refractivity contribution < 1.29 is 4.74 Å². The number of ether oxygens (including phenoxy) is 1. The molecule has 1 heterocycles. The Morgan fingerprint density at radius 1 is 1.38 bits per heavy atom. The van der Waals surface area contributed by atoms with Crippen LogP contribution in [0, 0.1) is 12.8 Å². The maximum Gasteiger partial charge on any atom is 0.218 e. The highest BCUT2D eigenvalue weighted by Gasteiger charge is 2.11. The molecule has 0 spiro atoms. The summed E-state index contributed by atoms with van der Waals surface area (Å²) in [7, 11) is 1.61. The fourth-order valence-electron chi connectivity index (χ4n) is 1.45. The highest BCUT2D eigenvalue weighted by Crippen LogP contribution is 2.16. The van der Waals surface area contributed by atoms with Crippen LogP contribution in [-0.4, -0.2) is 23.1 Å². The zero-order chi connectivity index (χ0) is 12.1. The maximum absolute atomic E-state index is 5.11. The van der Waals surface area contributed by atoms with Crippen molar-refractivity contribution in [2.24, 2.45) is 5.92 Å². The summed E-state index contributed by atoms with van der Waals surface area (Å²) in [5.41, 5.74) is 0. The molecule has 2 unspecified atom stereocenters. The van der Waals surface area contributed by atoms with Crippen LogP contribution in [0.1, 0.15) is 33.0 Å². The highest BCUT2D eigenvalue weighted by atomic mass is 16.5. The number of hydrogen-bond acceptors (Lipinski definition) is 4. The van der Waals surface area contributed by atoms with Crippen LogP contribution >= 0.6 is 0 Å². The van der Waals surface area contributed by atoms with E-state index < -0.39 is 0 Å². The molecule has 0 fully saturated rings. The lowest BCUT2D eigenvalue weighted by atomic mass is 10.0. The van der Waals surface area contributed by atoms with Crippen LogP contribution in [0.2, 0.25) is 0 Å². The summed E-state index contributed by atoms with van der Waals surface area (Å²) in [5, 5.41) is 3.38. The molecule has 0 radical (unpaired) electrons. The van der Waals surface area contributed by atoms with Gasteiger partial charge in [-0.25, -0.2) is 4.98 Å². The minimum Gasteiger partial charge on any atom is -0.481 e. The van der Waals surface area contributed by atoms with Crippen molar-refractivity contribution in [2.45, 2.75) is 40.2 Å². The number of nitrogens with zero attached hydrogens (tertiary/aromatic N) is 2. The second-order valence-corrected chi connectivity index (χ2v) is 4.16. The van der Waals surface area contributed by atoms with Gasteiger partial charge in [0.25, 0.3) is 0 Å². The fraction of sp³-hybridized carbons (Fsp3) is 0.667. The van der Waals surface area contributed by atoms with Crippen LogP contribution in [0.15, 0.2) is 6.07 Å². The molecule has 0 aliphatic rings. The molecule has 0 aromatic carbocycles. The average molecular weight is 223 g/mol. The van der Waals surface area contributed by atoms with Crippen molar-refractivity contribution in [3.05, 3.63) is 11.9 Å². The normalized spacial score (nSPS) is 14.3. The smallest absolute Gasteiger partial charge is 0.218 e. The van der Waals surface area contributed by atoms with Gasteiger partial charge < -0.3 is 10.1 Å². The van der Waals surface area contributed by atoms with Crippen LogP contribution in [0.3, 0.4) is 0 Å². The Morgan fingerprint density at radius 2 is 2.06 bits per heavy atom. The van der Waals surface area contributed by atoms with Gasteiger partial charge in [0.2, 0.25) is 5.88 Å². The van der Waals surface area contributed by atoms with Crippen LogP contribution in [0.5, 0.6) is 5.88 Å². The van der Waals surface area contributed by atoms with Gasteiger partial charge in [-0.05, 0) is 19.8 Å². The number of hydrogen-bond donors (Lipinski definition) is 1. The second kappa shape index (κ2) is 5.68. The van der Waals surface area contributed by atoms with Crippen LogP contribution in [0.4, 0.5) is 5.82 Å². The monoisotopic (exact) mass is 223 g/mol. The minimum absolute atomic E-state index is 0.393. The molecular weight excluding hydrogens is 202 g/mol. The van der Waals surface area contributed by atoms with E-state index in [4.69, 9.17) is 4.74 Å². The molecule has 16 heavy (non-hydrogen) atoms. The summed E-state index contributed by atoms with van der Waals surface area (Å²) in [4.78, 5) is 8.49. The third-order valence-electron chi connectivity index (χ3n) is 2.90. The quantitative estimate of drug-likeness (QED) is 0.833. The summed E-state index contributed by atoms with van der Waals surface area (Å²) in [5.74, 6) is 2.77. The number of aromatic nitrogens is 2. The molecule has 0 aliphatic carbocycles. The number of rotatable bonds is 5. The SMILES string of the molecule is CCC(C)C(C)Nc1cc(OC)nc(C)n1.